The maximum absolute atomic E-state index is 12.4. The summed E-state index contributed by atoms with van der Waals surface area (Å²) in [6, 6.07) is 12.2. The Morgan fingerprint density at radius 3 is 2.22 bits per heavy atom. The molecule has 0 bridgehead atoms. The minimum atomic E-state index is -3.57. The highest BCUT2D eigenvalue weighted by molar-refractivity contribution is 7.94. The minimum Gasteiger partial charge on any atom is -0.363 e. The lowest BCUT2D eigenvalue weighted by atomic mass is 10.3. The molecule has 7 nitrogen and oxygen atoms in total. The van der Waals surface area contributed by atoms with Crippen molar-refractivity contribution >= 4 is 44.5 Å². The molecule has 1 aromatic carbocycles. The SMILES string of the molecule is Cc1cc(N(C)C)nc(Nc2ccc(NS(=O)(=O)c3ccc(C)s3)cc2)n1. The van der Waals surface area contributed by atoms with Gasteiger partial charge in [-0.15, -0.1) is 11.3 Å². The molecule has 142 valence electrons. The van der Waals surface area contributed by atoms with Crippen LogP contribution in [0.25, 0.3) is 0 Å². The summed E-state index contributed by atoms with van der Waals surface area (Å²) in [5, 5.41) is 3.14. The number of hydrogen-bond donors (Lipinski definition) is 2. The molecule has 0 unspecified atom stereocenters. The lowest BCUT2D eigenvalue weighted by Gasteiger charge is -2.14. The van der Waals surface area contributed by atoms with Crippen LogP contribution in [-0.4, -0.2) is 32.5 Å². The minimum absolute atomic E-state index is 0.298. The standard InChI is InChI=1S/C18H21N5O2S2/c1-12-11-16(23(3)4)21-18(19-12)20-14-6-8-15(9-7-14)22-27(24,25)17-10-5-13(2)26-17/h5-11,22H,1-4H3,(H,19,20,21). The third-order valence-electron chi connectivity index (χ3n) is 3.67. The number of nitrogens with one attached hydrogen (secondary N) is 2. The van der Waals surface area contributed by atoms with Crippen LogP contribution in [0.3, 0.4) is 0 Å². The van der Waals surface area contributed by atoms with Crippen LogP contribution in [0.2, 0.25) is 0 Å². The molecule has 0 aliphatic rings. The van der Waals surface area contributed by atoms with E-state index in [9.17, 15) is 8.42 Å². The van der Waals surface area contributed by atoms with E-state index < -0.39 is 10.0 Å². The molecule has 0 amide bonds. The van der Waals surface area contributed by atoms with E-state index in [-0.39, 0.29) is 0 Å². The molecule has 3 aromatic rings. The van der Waals surface area contributed by atoms with Crippen LogP contribution < -0.4 is 14.9 Å². The van der Waals surface area contributed by atoms with Crippen molar-refractivity contribution in [1.29, 1.82) is 0 Å². The van der Waals surface area contributed by atoms with Gasteiger partial charge in [0.05, 0.1) is 0 Å². The van der Waals surface area contributed by atoms with Crippen molar-refractivity contribution < 1.29 is 8.42 Å². The lowest BCUT2D eigenvalue weighted by Crippen LogP contribution is -2.13. The average Bonchev–Trinajstić information content (AvgIpc) is 3.03. The summed E-state index contributed by atoms with van der Waals surface area (Å²) in [6.07, 6.45) is 0. The van der Waals surface area contributed by atoms with Gasteiger partial charge in [0.25, 0.3) is 10.0 Å². The number of aromatic nitrogens is 2. The molecule has 27 heavy (non-hydrogen) atoms. The van der Waals surface area contributed by atoms with Gasteiger partial charge in [0.2, 0.25) is 5.95 Å². The second-order valence-electron chi connectivity index (χ2n) is 6.26. The topological polar surface area (TPSA) is 87.2 Å². The predicted octanol–water partition coefficient (Wildman–Crippen LogP) is 3.77. The lowest BCUT2D eigenvalue weighted by molar-refractivity contribution is 0.603. The van der Waals surface area contributed by atoms with Crippen molar-refractivity contribution in [3.05, 3.63) is 53.0 Å². The van der Waals surface area contributed by atoms with E-state index in [2.05, 4.69) is 20.0 Å². The fourth-order valence-corrected chi connectivity index (χ4v) is 4.69. The van der Waals surface area contributed by atoms with Crippen molar-refractivity contribution in [1.82, 2.24) is 9.97 Å². The number of aryl methyl sites for hydroxylation is 2. The van der Waals surface area contributed by atoms with Crippen LogP contribution in [0.15, 0.2) is 46.7 Å². The first-order valence-corrected chi connectivity index (χ1v) is 10.5. The van der Waals surface area contributed by atoms with Gasteiger partial charge in [0.1, 0.15) is 10.0 Å². The van der Waals surface area contributed by atoms with Crippen LogP contribution in [0, 0.1) is 13.8 Å². The zero-order chi connectivity index (χ0) is 19.6. The molecule has 0 fully saturated rings. The van der Waals surface area contributed by atoms with Gasteiger partial charge in [0.15, 0.2) is 0 Å². The van der Waals surface area contributed by atoms with Crippen molar-refractivity contribution in [2.24, 2.45) is 0 Å². The second-order valence-corrected chi connectivity index (χ2v) is 9.46. The van der Waals surface area contributed by atoms with Crippen molar-refractivity contribution in [2.75, 3.05) is 29.0 Å². The van der Waals surface area contributed by atoms with Gasteiger partial charge < -0.3 is 10.2 Å². The Hall–Kier alpha value is -2.65. The highest BCUT2D eigenvalue weighted by atomic mass is 32.2. The molecular weight excluding hydrogens is 382 g/mol. The van der Waals surface area contributed by atoms with Crippen LogP contribution in [-0.2, 0) is 10.0 Å². The Bertz CT molecular complexity index is 1040. The van der Waals surface area contributed by atoms with Crippen molar-refractivity contribution in [3.8, 4) is 0 Å². The number of benzene rings is 1. The molecule has 2 N–H and O–H groups in total. The van der Waals surface area contributed by atoms with Gasteiger partial charge >= 0.3 is 0 Å². The normalized spacial score (nSPS) is 11.3. The van der Waals surface area contributed by atoms with Crippen LogP contribution in [0.1, 0.15) is 10.6 Å². The molecular formula is C18H21N5O2S2. The summed E-state index contributed by atoms with van der Waals surface area (Å²) in [6.45, 7) is 3.78. The summed E-state index contributed by atoms with van der Waals surface area (Å²) < 4.78 is 27.7. The van der Waals surface area contributed by atoms with Gasteiger partial charge in [-0.05, 0) is 50.2 Å². The predicted molar refractivity (Wildman–Crippen MR) is 111 cm³/mol. The van der Waals surface area contributed by atoms with Crippen LogP contribution in [0.4, 0.5) is 23.1 Å². The zero-order valence-electron chi connectivity index (χ0n) is 15.5. The second kappa shape index (κ2) is 7.53. The summed E-state index contributed by atoms with van der Waals surface area (Å²) in [7, 11) is 0.269. The molecule has 2 heterocycles. The summed E-state index contributed by atoms with van der Waals surface area (Å²) in [5.74, 6) is 1.29. The molecule has 0 aliphatic heterocycles. The average molecular weight is 404 g/mol. The van der Waals surface area contributed by atoms with Crippen LogP contribution in [0.5, 0.6) is 0 Å². The van der Waals surface area contributed by atoms with E-state index in [0.717, 1.165) is 22.1 Å². The van der Waals surface area contributed by atoms with E-state index in [4.69, 9.17) is 0 Å². The van der Waals surface area contributed by atoms with Gasteiger partial charge in [-0.3, -0.25) is 4.72 Å². The number of hydrogen-bond acceptors (Lipinski definition) is 7. The highest BCUT2D eigenvalue weighted by Gasteiger charge is 2.16. The maximum atomic E-state index is 12.4. The smallest absolute Gasteiger partial charge is 0.271 e. The summed E-state index contributed by atoms with van der Waals surface area (Å²) >= 11 is 1.24. The quantitative estimate of drug-likeness (QED) is 0.652. The van der Waals surface area contributed by atoms with E-state index in [1.165, 1.54) is 11.3 Å². The first kappa shape index (κ1) is 19.1. The fraction of sp³-hybridized carbons (Fsp3) is 0.222. The van der Waals surface area contributed by atoms with Crippen molar-refractivity contribution in [3.63, 3.8) is 0 Å². The molecule has 0 saturated heterocycles. The number of nitrogens with zero attached hydrogens (tertiary/aromatic N) is 3. The van der Waals surface area contributed by atoms with Crippen LogP contribution >= 0.6 is 11.3 Å². The first-order chi connectivity index (χ1) is 12.7. The molecule has 9 heteroatoms. The Balaban J connectivity index is 1.74. The molecule has 2 aromatic heterocycles. The summed E-state index contributed by atoms with van der Waals surface area (Å²) in [4.78, 5) is 11.7. The monoisotopic (exact) mass is 403 g/mol. The van der Waals surface area contributed by atoms with Gasteiger partial charge in [-0.25, -0.2) is 13.4 Å². The fourth-order valence-electron chi connectivity index (χ4n) is 2.35. The highest BCUT2D eigenvalue weighted by Crippen LogP contribution is 2.24. The largest absolute Gasteiger partial charge is 0.363 e. The number of thiophene rings is 1. The zero-order valence-corrected chi connectivity index (χ0v) is 17.1. The Labute approximate surface area is 163 Å². The third kappa shape index (κ3) is 4.75. The van der Waals surface area contributed by atoms with E-state index in [0.29, 0.717) is 15.8 Å². The number of rotatable bonds is 6. The number of anilines is 4. The van der Waals surface area contributed by atoms with Gasteiger partial charge in [-0.2, -0.15) is 4.98 Å². The van der Waals surface area contributed by atoms with Crippen molar-refractivity contribution in [2.45, 2.75) is 18.1 Å². The molecule has 3 rings (SSSR count). The van der Waals surface area contributed by atoms with E-state index >= 15 is 0 Å². The van der Waals surface area contributed by atoms with E-state index in [1.807, 2.05) is 38.9 Å². The summed E-state index contributed by atoms with van der Waals surface area (Å²) in [5.41, 5.74) is 2.11. The molecule has 0 aliphatic carbocycles. The van der Waals surface area contributed by atoms with Gasteiger partial charge in [0, 0.05) is 42.1 Å². The Morgan fingerprint density at radius 1 is 0.963 bits per heavy atom. The maximum Gasteiger partial charge on any atom is 0.271 e. The third-order valence-corrected chi connectivity index (χ3v) is 6.55. The molecule has 0 atom stereocenters. The molecule has 0 radical (unpaired) electrons. The Morgan fingerprint density at radius 2 is 1.63 bits per heavy atom. The Kier molecular flexibility index (Phi) is 5.33. The first-order valence-electron chi connectivity index (χ1n) is 8.22. The van der Waals surface area contributed by atoms with Gasteiger partial charge in [-0.1, -0.05) is 0 Å². The number of sulfonamides is 1. The van der Waals surface area contributed by atoms with E-state index in [1.54, 1.807) is 36.4 Å². The molecule has 0 spiro atoms. The molecule has 0 saturated carbocycles.